The maximum absolute atomic E-state index is 14.9. The van der Waals surface area contributed by atoms with Crippen LogP contribution in [0.2, 0.25) is 0 Å². The molecule has 7 nitrogen and oxygen atoms in total. The number of carboxylic acid groups (broad SMARTS) is 1. The van der Waals surface area contributed by atoms with Gasteiger partial charge in [0, 0.05) is 37.3 Å². The van der Waals surface area contributed by atoms with E-state index in [1.165, 1.54) is 6.20 Å². The van der Waals surface area contributed by atoms with Crippen molar-refractivity contribution in [2.24, 2.45) is 0 Å². The molecule has 1 saturated heterocycles. The predicted molar refractivity (Wildman–Crippen MR) is 108 cm³/mol. The summed E-state index contributed by atoms with van der Waals surface area (Å²) in [5.74, 6) is -1.84. The van der Waals surface area contributed by atoms with E-state index in [1.54, 1.807) is 10.6 Å². The molecule has 2 aromatic rings. The van der Waals surface area contributed by atoms with Crippen molar-refractivity contribution in [3.8, 4) is 0 Å². The van der Waals surface area contributed by atoms with Crippen LogP contribution < -0.4 is 15.6 Å². The monoisotopic (exact) mass is 403 g/mol. The number of pyridine rings is 1. The third-order valence-electron chi connectivity index (χ3n) is 6.01. The first-order valence-corrected chi connectivity index (χ1v) is 10.1. The lowest BCUT2D eigenvalue weighted by atomic mass is 9.91. The third-order valence-corrected chi connectivity index (χ3v) is 6.01. The number of rotatable bonds is 6. The number of aromatic nitrogens is 1. The van der Waals surface area contributed by atoms with Crippen molar-refractivity contribution in [1.29, 1.82) is 0 Å². The van der Waals surface area contributed by atoms with E-state index in [9.17, 15) is 24.2 Å². The Kier molecular flexibility index (Phi) is 5.08. The highest BCUT2D eigenvalue weighted by Gasteiger charge is 2.33. The Balaban J connectivity index is 1.71. The number of nitrogens with zero attached hydrogens (tertiary/aromatic N) is 2. The molecule has 29 heavy (non-hydrogen) atoms. The topological polar surface area (TPSA) is 94.8 Å². The van der Waals surface area contributed by atoms with Crippen LogP contribution in [0.1, 0.15) is 49.0 Å². The molecule has 0 amide bonds. The van der Waals surface area contributed by atoms with Gasteiger partial charge in [0.05, 0.1) is 16.8 Å². The minimum absolute atomic E-state index is 0.0960. The molecular formula is C21H26FN3O4. The molecule has 1 aromatic carbocycles. The third kappa shape index (κ3) is 3.74. The highest BCUT2D eigenvalue weighted by atomic mass is 19.1. The largest absolute Gasteiger partial charge is 0.477 e. The lowest BCUT2D eigenvalue weighted by molar-refractivity contribution is 0.0172. The number of carboxylic acids is 1. The fraction of sp³-hybridized carbons (Fsp3) is 0.524. The summed E-state index contributed by atoms with van der Waals surface area (Å²) in [4.78, 5) is 25.9. The maximum atomic E-state index is 14.9. The van der Waals surface area contributed by atoms with Crippen molar-refractivity contribution in [2.75, 3.05) is 31.1 Å². The molecule has 0 radical (unpaired) electrons. The second-order valence-corrected chi connectivity index (χ2v) is 8.13. The number of hydrogen-bond acceptors (Lipinski definition) is 5. The van der Waals surface area contributed by atoms with Gasteiger partial charge < -0.3 is 25.0 Å². The Labute approximate surface area is 167 Å². The summed E-state index contributed by atoms with van der Waals surface area (Å²) in [6.07, 6.45) is 4.24. The minimum atomic E-state index is -1.30. The fourth-order valence-electron chi connectivity index (χ4n) is 4.11. The van der Waals surface area contributed by atoms with Crippen molar-refractivity contribution in [3.63, 3.8) is 0 Å². The first-order chi connectivity index (χ1) is 13.8. The number of fused-ring (bicyclic) bond motifs is 1. The quantitative estimate of drug-likeness (QED) is 0.684. The number of aliphatic hydroxyl groups is 1. The number of aromatic carboxylic acids is 1. The van der Waals surface area contributed by atoms with E-state index in [-0.39, 0.29) is 17.0 Å². The highest BCUT2D eigenvalue weighted by molar-refractivity contribution is 5.93. The van der Waals surface area contributed by atoms with E-state index in [4.69, 9.17) is 0 Å². The van der Waals surface area contributed by atoms with Gasteiger partial charge in [-0.1, -0.05) is 6.92 Å². The van der Waals surface area contributed by atoms with Gasteiger partial charge in [0.1, 0.15) is 11.4 Å². The summed E-state index contributed by atoms with van der Waals surface area (Å²) in [6.45, 7) is 4.29. The van der Waals surface area contributed by atoms with E-state index in [1.807, 2.05) is 11.8 Å². The van der Waals surface area contributed by atoms with Crippen molar-refractivity contribution < 1.29 is 19.4 Å². The first-order valence-electron chi connectivity index (χ1n) is 10.1. The average molecular weight is 403 g/mol. The normalized spacial score (nSPS) is 18.9. The molecule has 3 N–H and O–H groups in total. The molecule has 156 valence electrons. The van der Waals surface area contributed by atoms with Crippen molar-refractivity contribution in [1.82, 2.24) is 9.88 Å². The Hall–Kier alpha value is -2.45. The number of benzene rings is 1. The molecule has 1 aliphatic carbocycles. The standard InChI is InChI=1S/C21H26FN3O4/c1-2-23-12-21(29)5-7-24(8-6-21)18-10-17-14(9-16(18)22)19(26)15(20(27)28)11-25(17)13-3-4-13/h9-11,13,23,29H,2-8,12H2,1H3,(H,27,28). The van der Waals surface area contributed by atoms with Gasteiger partial charge >= 0.3 is 5.97 Å². The van der Waals surface area contributed by atoms with Gasteiger partial charge in [0.15, 0.2) is 0 Å². The van der Waals surface area contributed by atoms with Gasteiger partial charge in [-0.3, -0.25) is 4.79 Å². The lowest BCUT2D eigenvalue weighted by Crippen LogP contribution is -2.50. The van der Waals surface area contributed by atoms with E-state index in [0.717, 1.165) is 25.5 Å². The number of piperidine rings is 1. The molecule has 8 heteroatoms. The smallest absolute Gasteiger partial charge is 0.341 e. The SMILES string of the molecule is CCNCC1(O)CCN(c2cc3c(cc2F)c(=O)c(C(=O)O)cn3C2CC2)CC1. The van der Waals surface area contributed by atoms with Crippen molar-refractivity contribution >= 4 is 22.6 Å². The van der Waals surface area contributed by atoms with Crippen LogP contribution in [0, 0.1) is 5.82 Å². The van der Waals surface area contributed by atoms with Crippen LogP contribution in [0.25, 0.3) is 10.9 Å². The summed E-state index contributed by atoms with van der Waals surface area (Å²) in [7, 11) is 0. The molecule has 2 fully saturated rings. The number of hydrogen-bond donors (Lipinski definition) is 3. The highest BCUT2D eigenvalue weighted by Crippen LogP contribution is 2.38. The van der Waals surface area contributed by atoms with Gasteiger partial charge in [0.2, 0.25) is 5.43 Å². The van der Waals surface area contributed by atoms with Gasteiger partial charge in [0.25, 0.3) is 0 Å². The summed E-state index contributed by atoms with van der Waals surface area (Å²) in [5.41, 5.74) is -0.837. The lowest BCUT2D eigenvalue weighted by Gasteiger charge is -2.39. The van der Waals surface area contributed by atoms with Gasteiger partial charge in [-0.25, -0.2) is 9.18 Å². The van der Waals surface area contributed by atoms with E-state index in [0.29, 0.717) is 43.7 Å². The zero-order valence-electron chi connectivity index (χ0n) is 16.4. The van der Waals surface area contributed by atoms with Crippen LogP contribution in [0.4, 0.5) is 10.1 Å². The number of likely N-dealkylation sites (N-methyl/N-ethyl adjacent to an activating group) is 1. The Morgan fingerprint density at radius 1 is 1.31 bits per heavy atom. The van der Waals surface area contributed by atoms with Crippen LogP contribution in [0.5, 0.6) is 0 Å². The first kappa shape index (κ1) is 19.8. The van der Waals surface area contributed by atoms with E-state index >= 15 is 0 Å². The molecule has 0 bridgehead atoms. The molecule has 0 atom stereocenters. The van der Waals surface area contributed by atoms with Crippen LogP contribution in [0.3, 0.4) is 0 Å². The summed E-state index contributed by atoms with van der Waals surface area (Å²) < 4.78 is 16.7. The number of anilines is 1. The molecular weight excluding hydrogens is 377 g/mol. The summed E-state index contributed by atoms with van der Waals surface area (Å²) in [6, 6.07) is 2.96. The Morgan fingerprint density at radius 2 is 2.00 bits per heavy atom. The van der Waals surface area contributed by atoms with Crippen molar-refractivity contribution in [3.05, 3.63) is 39.9 Å². The molecule has 1 aliphatic heterocycles. The second-order valence-electron chi connectivity index (χ2n) is 8.13. The number of nitrogens with one attached hydrogen (secondary N) is 1. The molecule has 1 aromatic heterocycles. The summed E-state index contributed by atoms with van der Waals surface area (Å²) >= 11 is 0. The van der Waals surface area contributed by atoms with Crippen molar-refractivity contribution in [2.45, 2.75) is 44.2 Å². The fourth-order valence-corrected chi connectivity index (χ4v) is 4.11. The van der Waals surface area contributed by atoms with E-state index in [2.05, 4.69) is 5.32 Å². The van der Waals surface area contributed by atoms with Gasteiger partial charge in [-0.2, -0.15) is 0 Å². The molecule has 0 unspecified atom stereocenters. The number of halogens is 1. The molecule has 2 aliphatic rings. The van der Waals surface area contributed by atoms with Crippen LogP contribution in [-0.4, -0.2) is 52.5 Å². The maximum Gasteiger partial charge on any atom is 0.341 e. The molecule has 2 heterocycles. The van der Waals surface area contributed by atoms with Crippen LogP contribution in [-0.2, 0) is 0 Å². The molecule has 0 spiro atoms. The van der Waals surface area contributed by atoms with E-state index < -0.39 is 22.8 Å². The van der Waals surface area contributed by atoms with Crippen LogP contribution in [0.15, 0.2) is 23.1 Å². The number of carbonyl (C=O) groups is 1. The predicted octanol–water partition coefficient (Wildman–Crippen LogP) is 2.11. The zero-order valence-corrected chi connectivity index (χ0v) is 16.4. The molecule has 4 rings (SSSR count). The Morgan fingerprint density at radius 3 is 2.59 bits per heavy atom. The average Bonchev–Trinajstić information content (AvgIpc) is 3.52. The van der Waals surface area contributed by atoms with Gasteiger partial charge in [-0.15, -0.1) is 0 Å². The zero-order chi connectivity index (χ0) is 20.8. The summed E-state index contributed by atoms with van der Waals surface area (Å²) in [5, 5.41) is 23.3. The molecule has 1 saturated carbocycles. The Bertz CT molecular complexity index is 1010. The van der Waals surface area contributed by atoms with Gasteiger partial charge in [-0.05, 0) is 44.4 Å². The van der Waals surface area contributed by atoms with Crippen LogP contribution >= 0.6 is 0 Å². The second kappa shape index (κ2) is 7.42. The minimum Gasteiger partial charge on any atom is -0.477 e.